The Bertz CT molecular complexity index is 8350. The first-order chi connectivity index (χ1) is 65.4. The van der Waals surface area contributed by atoms with Crippen LogP contribution in [0.15, 0.2) is 407 Å². The van der Waals surface area contributed by atoms with E-state index in [-0.39, 0.29) is 13.7 Å². The SMILES string of the molecule is C1=CN2C=c3ccccc3=CB2c2c1ccc1ccccc21.C1=CN2C=c3ccccc3=CB2c2cc3ccccc3cc21.C1=CN2C=c3ccccc3=CB2c2ccc3ccccc3c21.C1=Cc2c(ccc3ccccc23)N2C=c3ccccc3=CB12.C1=Cc2cc3ccccc3cc2N2C=c3ccccc3=CB12.C1=c2ccccc2=CN2B1c1ccccc1-c1ccccc12. The number of benzene rings is 18. The van der Waals surface area contributed by atoms with Crippen molar-refractivity contribution in [2.45, 2.75) is 0 Å². The zero-order valence-electron chi connectivity index (χ0n) is 72.6. The number of para-hydroxylation sites is 1. The molecule has 0 atom stereocenters. The van der Waals surface area contributed by atoms with Gasteiger partial charge in [0.15, 0.2) is 0 Å². The van der Waals surface area contributed by atoms with Gasteiger partial charge in [0.1, 0.15) is 0 Å². The van der Waals surface area contributed by atoms with Gasteiger partial charge in [0.25, 0.3) is 0 Å². The molecule has 12 heterocycles. The summed E-state index contributed by atoms with van der Waals surface area (Å²) >= 11 is 0. The van der Waals surface area contributed by atoms with Crippen molar-refractivity contribution >= 4 is 237 Å². The van der Waals surface area contributed by atoms with E-state index < -0.39 is 0 Å². The van der Waals surface area contributed by atoms with E-state index in [9.17, 15) is 0 Å². The zero-order chi connectivity index (χ0) is 87.1. The second kappa shape index (κ2) is 33.0. The van der Waals surface area contributed by atoms with Gasteiger partial charge in [-0.2, -0.15) is 0 Å². The lowest BCUT2D eigenvalue weighted by molar-refractivity contribution is 0.865. The first kappa shape index (κ1) is 77.9. The van der Waals surface area contributed by atoms with Gasteiger partial charge in [-0.1, -0.05) is 406 Å². The fraction of sp³-hybridized carbons (Fsp3) is 0. The lowest BCUT2D eigenvalue weighted by atomic mass is 9.49. The summed E-state index contributed by atoms with van der Waals surface area (Å²) in [6.45, 7) is 1.76. The van der Waals surface area contributed by atoms with E-state index in [1.807, 2.05) is 0 Å². The van der Waals surface area contributed by atoms with Crippen LogP contribution in [-0.2, 0) is 0 Å². The lowest BCUT2D eigenvalue weighted by Gasteiger charge is -2.36. The number of nitrogens with zero attached hydrogens (tertiary/aromatic N) is 6. The Kier molecular flexibility index (Phi) is 19.5. The van der Waals surface area contributed by atoms with Crippen molar-refractivity contribution in [2.24, 2.45) is 0 Å². The molecule has 0 spiro atoms. The molecule has 0 saturated heterocycles. The molecule has 0 bridgehead atoms. The van der Waals surface area contributed by atoms with Gasteiger partial charge in [0.05, 0.1) is 0 Å². The van der Waals surface area contributed by atoms with Gasteiger partial charge in [0, 0.05) is 28.2 Å². The van der Waals surface area contributed by atoms with Crippen LogP contribution in [0.4, 0.5) is 17.1 Å². The van der Waals surface area contributed by atoms with Gasteiger partial charge in [-0.3, -0.25) is 0 Å². The van der Waals surface area contributed by atoms with Gasteiger partial charge < -0.3 is 28.9 Å². The molecule has 0 fully saturated rings. The lowest BCUT2D eigenvalue weighted by Crippen LogP contribution is -2.53. The Balaban J connectivity index is 0.0000000851. The van der Waals surface area contributed by atoms with Crippen molar-refractivity contribution in [1.82, 2.24) is 14.4 Å². The molecule has 12 heteroatoms. The number of fused-ring (bicyclic) bond motifs is 35. The third-order valence-electron chi connectivity index (χ3n) is 27.9. The molecule has 0 amide bonds. The minimum Gasteiger partial charge on any atom is -0.389 e. The van der Waals surface area contributed by atoms with Crippen molar-refractivity contribution < 1.29 is 0 Å². The Hall–Kier alpha value is -16.4. The highest BCUT2D eigenvalue weighted by atomic mass is 15.1. The van der Waals surface area contributed by atoms with Crippen molar-refractivity contribution in [3.05, 3.63) is 497 Å². The molecule has 612 valence electrons. The maximum atomic E-state index is 2.40. The zero-order valence-corrected chi connectivity index (χ0v) is 72.6. The smallest absolute Gasteiger partial charge is 0.321 e. The average molecular weight is 1670 g/mol. The normalized spacial score (nSPS) is 14.6. The third kappa shape index (κ3) is 14.2. The molecule has 18 aromatic carbocycles. The summed E-state index contributed by atoms with van der Waals surface area (Å²) in [6, 6.07) is 135. The van der Waals surface area contributed by atoms with Gasteiger partial charge in [-0.25, -0.2) is 0 Å². The Labute approximate surface area is 768 Å². The number of anilines is 3. The van der Waals surface area contributed by atoms with Crippen molar-refractivity contribution in [3.63, 3.8) is 0 Å². The second-order valence-corrected chi connectivity index (χ2v) is 35.5. The molecule has 12 aliphatic heterocycles. The predicted octanol–water partition coefficient (Wildman–Crippen LogP) is 14.4. The maximum Gasteiger partial charge on any atom is 0.321 e. The summed E-state index contributed by atoms with van der Waals surface area (Å²) in [4.78, 5) is 14.1. The Morgan fingerprint density at radius 3 is 1.17 bits per heavy atom. The molecule has 132 heavy (non-hydrogen) atoms. The molecule has 0 N–H and O–H groups in total. The average Bonchev–Trinajstić information content (AvgIpc) is 0.742. The van der Waals surface area contributed by atoms with Crippen LogP contribution in [-0.4, -0.2) is 55.5 Å². The summed E-state index contributed by atoms with van der Waals surface area (Å²) in [7, 11) is 0. The molecule has 6 nitrogen and oxygen atoms in total. The fourth-order valence-corrected chi connectivity index (χ4v) is 21.3. The Morgan fingerprint density at radius 2 is 0.576 bits per heavy atom. The van der Waals surface area contributed by atoms with Gasteiger partial charge in [0.2, 0.25) is 0 Å². The molecular weight excluding hydrogens is 1590 g/mol. The molecule has 0 aromatic heterocycles. The van der Waals surface area contributed by atoms with Gasteiger partial charge >= 0.3 is 41.1 Å². The summed E-state index contributed by atoms with van der Waals surface area (Å²) < 4.78 is 0. The summed E-state index contributed by atoms with van der Waals surface area (Å²) in [6.07, 6.45) is 31.4. The first-order valence-electron chi connectivity index (χ1n) is 46.0. The van der Waals surface area contributed by atoms with E-state index in [0.717, 1.165) is 0 Å². The minimum atomic E-state index is 0.279. The highest BCUT2D eigenvalue weighted by molar-refractivity contribution is 6.91. The molecule has 18 aromatic rings. The summed E-state index contributed by atoms with van der Waals surface area (Å²) in [5.74, 6) is 18.7. The topological polar surface area (TPSA) is 19.4 Å². The van der Waals surface area contributed by atoms with E-state index in [2.05, 4.69) is 539 Å². The van der Waals surface area contributed by atoms with Crippen molar-refractivity contribution in [3.8, 4) is 11.1 Å². The molecule has 12 aliphatic rings. The van der Waals surface area contributed by atoms with Crippen molar-refractivity contribution in [2.75, 3.05) is 14.4 Å². The predicted molar refractivity (Wildman–Crippen MR) is 571 cm³/mol. The van der Waals surface area contributed by atoms with E-state index in [1.165, 1.54) is 194 Å². The minimum absolute atomic E-state index is 0.279. The van der Waals surface area contributed by atoms with E-state index >= 15 is 0 Å². The Morgan fingerprint density at radius 1 is 0.189 bits per heavy atom. The van der Waals surface area contributed by atoms with Crippen LogP contribution in [0.3, 0.4) is 0 Å². The van der Waals surface area contributed by atoms with Crippen LogP contribution in [0, 0.1) is 0 Å². The standard InChI is InChI=1S/6C20H14BN/c1-2-8-16-14-22-20-12-6-4-10-18(20)17-9-3-5-11-19(17)21(22)13-15(16)7-1;1-2-7-18-14-22-12-11-16-10-9-15-5-3-4-8-19(15)20(16)21(22)13-17(18)6-1;1-2-7-17-14-22-12-11-19-18-8-4-3-5-15(18)9-10-20(19)21(22)13-16(17)6-1;1-2-7-17-14-22-20-10-9-15-5-3-4-8-18(15)19(20)11-12-21(22)13-16(17)6-1;1-2-6-16-12-20-17(11-15(16)5-1)9-10-22-14-19-8-4-3-7-18(19)13-21(20)22;1-2-6-16-12-20-17(11-15(16)5-1)9-10-21-13-18-7-3-4-8-19(18)14-22(20)21/h6*1-14H. The monoisotopic (exact) mass is 1670 g/mol. The number of hydrogen-bond acceptors (Lipinski definition) is 6. The molecule has 0 aliphatic carbocycles. The number of rotatable bonds is 0. The quantitative estimate of drug-likeness (QED) is 0.140. The molecule has 30 rings (SSSR count). The van der Waals surface area contributed by atoms with Crippen LogP contribution in [0.1, 0.15) is 27.8 Å². The largest absolute Gasteiger partial charge is 0.389 e. The van der Waals surface area contributed by atoms with E-state index in [4.69, 9.17) is 0 Å². The third-order valence-corrected chi connectivity index (χ3v) is 27.9. The summed E-state index contributed by atoms with van der Waals surface area (Å²) in [5, 5.41) is 28.7. The second-order valence-electron chi connectivity index (χ2n) is 35.5. The van der Waals surface area contributed by atoms with Crippen LogP contribution < -0.4 is 98.9 Å². The van der Waals surface area contributed by atoms with Gasteiger partial charge in [-0.05, 0) is 271 Å². The van der Waals surface area contributed by atoms with E-state index in [0.29, 0.717) is 27.4 Å². The first-order valence-corrected chi connectivity index (χ1v) is 46.0. The van der Waals surface area contributed by atoms with Crippen LogP contribution in [0.5, 0.6) is 0 Å². The van der Waals surface area contributed by atoms with Gasteiger partial charge in [-0.15, -0.1) is 0 Å². The van der Waals surface area contributed by atoms with Crippen LogP contribution in [0.2, 0.25) is 0 Å². The maximum absolute atomic E-state index is 2.40. The molecule has 0 saturated carbocycles. The molecular formula is C120H84B6N6. The highest BCUT2D eigenvalue weighted by Crippen LogP contribution is 2.39. The van der Waals surface area contributed by atoms with Crippen molar-refractivity contribution in [1.29, 1.82) is 0 Å². The molecule has 0 unspecified atom stereocenters. The van der Waals surface area contributed by atoms with Crippen LogP contribution in [0.25, 0.3) is 168 Å². The number of hydrogen-bond donors (Lipinski definition) is 0. The van der Waals surface area contributed by atoms with Crippen LogP contribution >= 0.6 is 0 Å². The van der Waals surface area contributed by atoms with E-state index in [1.54, 1.807) is 0 Å². The summed E-state index contributed by atoms with van der Waals surface area (Å²) in [5.41, 5.74) is 18.7. The highest BCUT2D eigenvalue weighted by Gasteiger charge is 2.36. The fourth-order valence-electron chi connectivity index (χ4n) is 21.3. The molecule has 0 radical (unpaired) electrons.